The number of nitrogens with zero attached hydrogens (tertiary/aromatic N) is 1. The molecule has 0 amide bonds. The Balaban J connectivity index is 1.81. The molecule has 2 fully saturated rings. The summed E-state index contributed by atoms with van der Waals surface area (Å²) in [5.74, 6) is 0.380. The maximum atomic E-state index is 13.0. The molecule has 108 valence electrons. The quantitative estimate of drug-likeness (QED) is 0.839. The normalized spacial score (nSPS) is 22.2. The second-order valence-electron chi connectivity index (χ2n) is 6.12. The minimum atomic E-state index is -0.185. The van der Waals surface area contributed by atoms with Gasteiger partial charge in [-0.2, -0.15) is 0 Å². The molecule has 1 aliphatic heterocycles. The summed E-state index contributed by atoms with van der Waals surface area (Å²) in [6.45, 7) is 2.18. The van der Waals surface area contributed by atoms with Crippen LogP contribution in [0.1, 0.15) is 44.1 Å². The molecule has 1 aromatic carbocycles. The molecule has 0 aromatic heterocycles. The van der Waals surface area contributed by atoms with Gasteiger partial charge in [0.25, 0.3) is 0 Å². The SMILES string of the molecule is O=C(Cc1ccccc1Cl)C1(N2CCCC2)CCCC1. The molecule has 1 aromatic rings. The molecule has 0 spiro atoms. The van der Waals surface area contributed by atoms with E-state index in [2.05, 4.69) is 4.90 Å². The smallest absolute Gasteiger partial charge is 0.157 e. The van der Waals surface area contributed by atoms with E-state index in [1.54, 1.807) is 0 Å². The van der Waals surface area contributed by atoms with Crippen LogP contribution in [0.5, 0.6) is 0 Å². The molecule has 0 N–H and O–H groups in total. The summed E-state index contributed by atoms with van der Waals surface area (Å²) < 4.78 is 0. The fourth-order valence-corrected chi connectivity index (χ4v) is 4.06. The second kappa shape index (κ2) is 5.87. The Bertz CT molecular complexity index is 488. The van der Waals surface area contributed by atoms with Gasteiger partial charge in [0.2, 0.25) is 0 Å². The highest BCUT2D eigenvalue weighted by molar-refractivity contribution is 6.31. The third-order valence-electron chi connectivity index (χ3n) is 4.97. The highest BCUT2D eigenvalue weighted by Gasteiger charge is 2.46. The lowest BCUT2D eigenvalue weighted by atomic mass is 9.86. The van der Waals surface area contributed by atoms with Gasteiger partial charge in [0.05, 0.1) is 5.54 Å². The summed E-state index contributed by atoms with van der Waals surface area (Å²) in [7, 11) is 0. The first-order chi connectivity index (χ1) is 9.72. The molecule has 3 heteroatoms. The topological polar surface area (TPSA) is 20.3 Å². The van der Waals surface area contributed by atoms with Gasteiger partial charge >= 0.3 is 0 Å². The Kier molecular flexibility index (Phi) is 4.13. The number of Topliss-reactive ketones (excluding diaryl/α,β-unsaturated/α-hetero) is 1. The van der Waals surface area contributed by atoms with Crippen molar-refractivity contribution >= 4 is 17.4 Å². The van der Waals surface area contributed by atoms with Crippen molar-refractivity contribution in [1.82, 2.24) is 4.90 Å². The fourth-order valence-electron chi connectivity index (χ4n) is 3.86. The number of carbonyl (C=O) groups is 1. The first kappa shape index (κ1) is 14.1. The Morgan fingerprint density at radius 3 is 2.40 bits per heavy atom. The highest BCUT2D eigenvalue weighted by atomic mass is 35.5. The van der Waals surface area contributed by atoms with E-state index in [1.807, 2.05) is 24.3 Å². The van der Waals surface area contributed by atoms with E-state index in [4.69, 9.17) is 11.6 Å². The average Bonchev–Trinajstić information content (AvgIpc) is 3.12. The zero-order valence-electron chi connectivity index (χ0n) is 11.9. The average molecular weight is 292 g/mol. The Morgan fingerprint density at radius 2 is 1.75 bits per heavy atom. The van der Waals surface area contributed by atoms with Crippen molar-refractivity contribution in [3.05, 3.63) is 34.9 Å². The van der Waals surface area contributed by atoms with E-state index in [-0.39, 0.29) is 5.54 Å². The highest BCUT2D eigenvalue weighted by Crippen LogP contribution is 2.39. The van der Waals surface area contributed by atoms with Crippen molar-refractivity contribution in [2.75, 3.05) is 13.1 Å². The molecule has 0 bridgehead atoms. The summed E-state index contributed by atoms with van der Waals surface area (Å²) in [6.07, 6.45) is 7.40. The predicted molar refractivity (Wildman–Crippen MR) is 82.2 cm³/mol. The van der Waals surface area contributed by atoms with Gasteiger partial charge in [0.15, 0.2) is 5.78 Å². The maximum Gasteiger partial charge on any atom is 0.157 e. The van der Waals surface area contributed by atoms with Crippen LogP contribution < -0.4 is 0 Å². The molecular formula is C17H22ClNO. The lowest BCUT2D eigenvalue weighted by molar-refractivity contribution is -0.129. The molecule has 0 radical (unpaired) electrons. The summed E-state index contributed by atoms with van der Waals surface area (Å²) in [6, 6.07) is 7.74. The maximum absolute atomic E-state index is 13.0. The van der Waals surface area contributed by atoms with Crippen LogP contribution in [0, 0.1) is 0 Å². The molecule has 1 heterocycles. The number of hydrogen-bond acceptors (Lipinski definition) is 2. The number of halogens is 1. The predicted octanol–water partition coefficient (Wildman–Crippen LogP) is 3.86. The van der Waals surface area contributed by atoms with Crippen LogP contribution in [0.2, 0.25) is 5.02 Å². The third-order valence-corrected chi connectivity index (χ3v) is 5.34. The van der Waals surface area contributed by atoms with E-state index < -0.39 is 0 Å². The minimum Gasteiger partial charge on any atom is -0.297 e. The summed E-state index contributed by atoms with van der Waals surface area (Å²) >= 11 is 6.21. The number of ketones is 1. The lowest BCUT2D eigenvalue weighted by Crippen LogP contribution is -2.52. The van der Waals surface area contributed by atoms with Crippen LogP contribution in [0.4, 0.5) is 0 Å². The van der Waals surface area contributed by atoms with Gasteiger partial charge < -0.3 is 0 Å². The lowest BCUT2D eigenvalue weighted by Gasteiger charge is -2.37. The first-order valence-electron chi connectivity index (χ1n) is 7.74. The molecule has 3 rings (SSSR count). The van der Waals surface area contributed by atoms with E-state index in [0.717, 1.165) is 36.5 Å². The van der Waals surface area contributed by atoms with Gasteiger partial charge in [-0.3, -0.25) is 9.69 Å². The Labute approximate surface area is 126 Å². The van der Waals surface area contributed by atoms with Crippen LogP contribution in [-0.4, -0.2) is 29.3 Å². The van der Waals surface area contributed by atoms with Crippen molar-refractivity contribution in [3.63, 3.8) is 0 Å². The molecule has 1 saturated carbocycles. The van der Waals surface area contributed by atoms with Crippen LogP contribution >= 0.6 is 11.6 Å². The number of likely N-dealkylation sites (tertiary alicyclic amines) is 1. The van der Waals surface area contributed by atoms with E-state index in [9.17, 15) is 4.79 Å². The molecular weight excluding hydrogens is 270 g/mol. The van der Waals surface area contributed by atoms with Crippen molar-refractivity contribution in [2.45, 2.75) is 50.5 Å². The third kappa shape index (κ3) is 2.51. The van der Waals surface area contributed by atoms with Crippen LogP contribution in [0.15, 0.2) is 24.3 Å². The van der Waals surface area contributed by atoms with Crippen molar-refractivity contribution in [2.24, 2.45) is 0 Å². The van der Waals surface area contributed by atoms with Gasteiger partial charge in [-0.1, -0.05) is 42.6 Å². The minimum absolute atomic E-state index is 0.185. The molecule has 20 heavy (non-hydrogen) atoms. The second-order valence-corrected chi connectivity index (χ2v) is 6.53. The zero-order valence-corrected chi connectivity index (χ0v) is 12.7. The van der Waals surface area contributed by atoms with Gasteiger partial charge in [0.1, 0.15) is 0 Å². The largest absolute Gasteiger partial charge is 0.297 e. The monoisotopic (exact) mass is 291 g/mol. The fraction of sp³-hybridized carbons (Fsp3) is 0.588. The standard InChI is InChI=1S/C17H22ClNO/c18-15-8-2-1-7-14(15)13-16(20)17(9-3-4-10-17)19-11-5-6-12-19/h1-2,7-8H,3-6,9-13H2. The molecule has 1 saturated heterocycles. The Hall–Kier alpha value is -0.860. The van der Waals surface area contributed by atoms with Crippen LogP contribution in [0.3, 0.4) is 0 Å². The number of benzene rings is 1. The van der Waals surface area contributed by atoms with E-state index in [1.165, 1.54) is 25.7 Å². The molecule has 2 nitrogen and oxygen atoms in total. The van der Waals surface area contributed by atoms with Gasteiger partial charge in [-0.05, 0) is 50.4 Å². The summed E-state index contributed by atoms with van der Waals surface area (Å²) in [5, 5.41) is 0.718. The first-order valence-corrected chi connectivity index (χ1v) is 8.12. The summed E-state index contributed by atoms with van der Waals surface area (Å²) in [4.78, 5) is 15.4. The van der Waals surface area contributed by atoms with E-state index >= 15 is 0 Å². The van der Waals surface area contributed by atoms with Crippen molar-refractivity contribution < 1.29 is 4.79 Å². The summed E-state index contributed by atoms with van der Waals surface area (Å²) in [5.41, 5.74) is 0.792. The molecule has 0 unspecified atom stereocenters. The van der Waals surface area contributed by atoms with E-state index in [0.29, 0.717) is 12.2 Å². The van der Waals surface area contributed by atoms with Crippen molar-refractivity contribution in [3.8, 4) is 0 Å². The van der Waals surface area contributed by atoms with Gasteiger partial charge in [-0.15, -0.1) is 0 Å². The van der Waals surface area contributed by atoms with Gasteiger partial charge in [0, 0.05) is 11.4 Å². The molecule has 1 aliphatic carbocycles. The van der Waals surface area contributed by atoms with Crippen molar-refractivity contribution in [1.29, 1.82) is 0 Å². The Morgan fingerprint density at radius 1 is 1.10 bits per heavy atom. The number of rotatable bonds is 4. The van der Waals surface area contributed by atoms with Gasteiger partial charge in [-0.25, -0.2) is 0 Å². The number of carbonyl (C=O) groups excluding carboxylic acids is 1. The number of hydrogen-bond donors (Lipinski definition) is 0. The molecule has 0 atom stereocenters. The van der Waals surface area contributed by atoms with Crippen LogP contribution in [-0.2, 0) is 11.2 Å². The molecule has 2 aliphatic rings. The zero-order chi connectivity index (χ0) is 14.0. The van der Waals surface area contributed by atoms with Crippen LogP contribution in [0.25, 0.3) is 0 Å².